The largest absolute Gasteiger partial charge is 0.470 e. The molecule has 2 aromatic rings. The quantitative estimate of drug-likeness (QED) is 0.416. The Balaban J connectivity index is 1.88. The highest BCUT2D eigenvalue weighted by molar-refractivity contribution is 7.89. The van der Waals surface area contributed by atoms with Gasteiger partial charge in [-0.2, -0.15) is 4.31 Å². The monoisotopic (exact) mass is 517 g/mol. The molecule has 0 aliphatic carbocycles. The van der Waals surface area contributed by atoms with Crippen LogP contribution in [0.5, 0.6) is 0 Å². The van der Waals surface area contributed by atoms with Crippen molar-refractivity contribution in [3.8, 4) is 0 Å². The SMILES string of the molecule is CCOP(=O)(OCC)C1(c2ccccc2)OC(C)=C2CN(S(=O)(=O)c3ccc(C)cc3)CC2=C1C. The third-order valence-corrected chi connectivity index (χ3v) is 11.0. The van der Waals surface area contributed by atoms with Crippen LogP contribution in [0.2, 0.25) is 0 Å². The molecule has 0 aromatic heterocycles. The van der Waals surface area contributed by atoms with Crippen LogP contribution in [0, 0.1) is 6.92 Å². The summed E-state index contributed by atoms with van der Waals surface area (Å²) in [6.07, 6.45) is 0. The lowest BCUT2D eigenvalue weighted by Crippen LogP contribution is -2.36. The molecule has 0 spiro atoms. The van der Waals surface area contributed by atoms with Gasteiger partial charge in [-0.25, -0.2) is 8.42 Å². The van der Waals surface area contributed by atoms with Crippen LogP contribution in [0.25, 0.3) is 0 Å². The van der Waals surface area contributed by atoms with Gasteiger partial charge in [0.15, 0.2) is 0 Å². The van der Waals surface area contributed by atoms with Crippen LogP contribution in [0.1, 0.15) is 38.8 Å². The second kappa shape index (κ2) is 9.68. The average molecular weight is 518 g/mol. The molecular formula is C26H32NO6PS. The fraction of sp³-hybridized carbons (Fsp3) is 0.385. The molecule has 0 amide bonds. The predicted molar refractivity (Wildman–Crippen MR) is 135 cm³/mol. The number of sulfonamides is 1. The van der Waals surface area contributed by atoms with Gasteiger partial charge in [-0.15, -0.1) is 0 Å². The Morgan fingerprint density at radius 2 is 1.49 bits per heavy atom. The number of allylic oxidation sites excluding steroid dienone is 1. The Morgan fingerprint density at radius 1 is 0.914 bits per heavy atom. The molecule has 1 unspecified atom stereocenters. The van der Waals surface area contributed by atoms with E-state index in [1.807, 2.05) is 44.2 Å². The lowest BCUT2D eigenvalue weighted by Gasteiger charge is -2.43. The minimum Gasteiger partial charge on any atom is -0.470 e. The molecule has 0 bridgehead atoms. The van der Waals surface area contributed by atoms with E-state index in [-0.39, 0.29) is 31.2 Å². The van der Waals surface area contributed by atoms with Crippen molar-refractivity contribution < 1.29 is 26.8 Å². The Morgan fingerprint density at radius 3 is 2.06 bits per heavy atom. The van der Waals surface area contributed by atoms with Gasteiger partial charge >= 0.3 is 7.60 Å². The lowest BCUT2D eigenvalue weighted by molar-refractivity contribution is 0.0523. The maximum Gasteiger partial charge on any atom is 0.382 e. The van der Waals surface area contributed by atoms with Gasteiger partial charge < -0.3 is 13.8 Å². The first-order valence-electron chi connectivity index (χ1n) is 11.7. The molecule has 2 aliphatic heterocycles. The molecule has 2 aliphatic rings. The summed E-state index contributed by atoms with van der Waals surface area (Å²) < 4.78 is 61.0. The van der Waals surface area contributed by atoms with Gasteiger partial charge in [0.05, 0.1) is 18.1 Å². The summed E-state index contributed by atoms with van der Waals surface area (Å²) in [6, 6.07) is 16.1. The van der Waals surface area contributed by atoms with Crippen molar-refractivity contribution in [3.05, 3.63) is 88.2 Å². The predicted octanol–water partition coefficient (Wildman–Crippen LogP) is 5.74. The van der Waals surface area contributed by atoms with E-state index in [4.69, 9.17) is 13.8 Å². The molecule has 7 nitrogen and oxygen atoms in total. The highest BCUT2D eigenvalue weighted by Crippen LogP contribution is 2.71. The summed E-state index contributed by atoms with van der Waals surface area (Å²) in [6.45, 7) is 9.70. The van der Waals surface area contributed by atoms with Crippen LogP contribution in [0.15, 0.2) is 82.0 Å². The minimum atomic E-state index is -3.90. The van der Waals surface area contributed by atoms with Gasteiger partial charge in [0.1, 0.15) is 5.76 Å². The lowest BCUT2D eigenvalue weighted by atomic mass is 9.91. The second-order valence-corrected chi connectivity index (χ2v) is 12.7. The molecule has 2 aromatic carbocycles. The number of hydrogen-bond donors (Lipinski definition) is 0. The van der Waals surface area contributed by atoms with Crippen LogP contribution in [0.4, 0.5) is 0 Å². The maximum atomic E-state index is 14.4. The van der Waals surface area contributed by atoms with Crippen molar-refractivity contribution in [1.29, 1.82) is 0 Å². The third-order valence-electron chi connectivity index (χ3n) is 6.53. The number of aryl methyl sites for hydroxylation is 1. The minimum absolute atomic E-state index is 0.144. The Kier molecular flexibility index (Phi) is 7.15. The highest BCUT2D eigenvalue weighted by Gasteiger charge is 2.60. The van der Waals surface area contributed by atoms with Gasteiger partial charge in [0.2, 0.25) is 10.0 Å². The zero-order chi connectivity index (χ0) is 25.4. The Labute approximate surface area is 208 Å². The molecule has 1 saturated heterocycles. The van der Waals surface area contributed by atoms with E-state index in [0.717, 1.165) is 16.7 Å². The van der Waals surface area contributed by atoms with Gasteiger partial charge in [0.25, 0.3) is 5.34 Å². The van der Waals surface area contributed by atoms with Crippen molar-refractivity contribution in [1.82, 2.24) is 4.31 Å². The molecule has 0 saturated carbocycles. The van der Waals surface area contributed by atoms with Gasteiger partial charge in [-0.05, 0) is 57.9 Å². The fourth-order valence-corrected chi connectivity index (χ4v) is 8.53. The van der Waals surface area contributed by atoms with Crippen LogP contribution < -0.4 is 0 Å². The molecule has 188 valence electrons. The van der Waals surface area contributed by atoms with E-state index in [9.17, 15) is 13.0 Å². The number of nitrogens with zero attached hydrogens (tertiary/aromatic N) is 1. The van der Waals surface area contributed by atoms with Crippen LogP contribution in [-0.2, 0) is 33.7 Å². The molecular weight excluding hydrogens is 485 g/mol. The summed E-state index contributed by atoms with van der Waals surface area (Å²) in [5.41, 5.74) is 3.82. The highest BCUT2D eigenvalue weighted by atomic mass is 32.2. The molecule has 1 fully saturated rings. The topological polar surface area (TPSA) is 82.1 Å². The second-order valence-electron chi connectivity index (χ2n) is 8.67. The smallest absolute Gasteiger partial charge is 0.382 e. The fourth-order valence-electron chi connectivity index (χ4n) is 4.78. The van der Waals surface area contributed by atoms with E-state index in [1.54, 1.807) is 45.0 Å². The van der Waals surface area contributed by atoms with Crippen LogP contribution >= 0.6 is 7.60 Å². The number of ether oxygens (including phenoxy) is 1. The van der Waals surface area contributed by atoms with E-state index in [1.165, 1.54) is 4.31 Å². The zero-order valence-electron chi connectivity index (χ0n) is 20.8. The number of fused-ring (bicyclic) bond motifs is 1. The van der Waals surface area contributed by atoms with Crippen molar-refractivity contribution >= 4 is 17.6 Å². The summed E-state index contributed by atoms with van der Waals surface area (Å²) in [4.78, 5) is 0.239. The average Bonchev–Trinajstić information content (AvgIpc) is 3.30. The number of hydrogen-bond acceptors (Lipinski definition) is 6. The van der Waals surface area contributed by atoms with Crippen LogP contribution in [-0.4, -0.2) is 39.0 Å². The van der Waals surface area contributed by atoms with Crippen molar-refractivity contribution in [2.24, 2.45) is 0 Å². The first-order chi connectivity index (χ1) is 16.6. The third kappa shape index (κ3) is 4.21. The van der Waals surface area contributed by atoms with Crippen molar-refractivity contribution in [3.63, 3.8) is 0 Å². The molecule has 2 heterocycles. The summed E-state index contributed by atoms with van der Waals surface area (Å²) >= 11 is 0. The van der Waals surface area contributed by atoms with E-state index < -0.39 is 23.0 Å². The summed E-state index contributed by atoms with van der Waals surface area (Å²) in [7, 11) is -7.64. The zero-order valence-corrected chi connectivity index (χ0v) is 22.5. The summed E-state index contributed by atoms with van der Waals surface area (Å²) in [5.74, 6) is 0.510. The molecule has 35 heavy (non-hydrogen) atoms. The van der Waals surface area contributed by atoms with Crippen molar-refractivity contribution in [2.75, 3.05) is 26.3 Å². The van der Waals surface area contributed by atoms with E-state index >= 15 is 0 Å². The van der Waals surface area contributed by atoms with Gasteiger partial charge in [-0.1, -0.05) is 48.0 Å². The number of benzene rings is 2. The molecule has 0 radical (unpaired) electrons. The van der Waals surface area contributed by atoms with Gasteiger partial charge in [-0.3, -0.25) is 4.57 Å². The number of rotatable bonds is 8. The molecule has 0 N–H and O–H groups in total. The molecule has 9 heteroatoms. The first-order valence-corrected chi connectivity index (χ1v) is 14.7. The molecule has 1 atom stereocenters. The standard InChI is InChI=1S/C26H32NO6PS/c1-6-31-34(28,32-7-2)26(22-11-9-8-10-12-22)20(4)24-17-27(18-25(24)21(5)33-26)35(29,30)23-15-13-19(3)14-16-23/h8-16H,6-7,17-18H2,1-5H3. The summed E-state index contributed by atoms with van der Waals surface area (Å²) in [5, 5.41) is -1.52. The van der Waals surface area contributed by atoms with E-state index in [0.29, 0.717) is 16.9 Å². The van der Waals surface area contributed by atoms with Gasteiger partial charge in [0, 0.05) is 24.2 Å². The van der Waals surface area contributed by atoms with E-state index in [2.05, 4.69) is 0 Å². The maximum absolute atomic E-state index is 14.4. The normalized spacial score (nSPS) is 21.3. The first kappa shape index (κ1) is 25.9. The Bertz CT molecular complexity index is 1310. The van der Waals surface area contributed by atoms with Crippen molar-refractivity contribution in [2.45, 2.75) is 44.9 Å². The Hall–Kier alpha value is -2.22. The van der Waals surface area contributed by atoms with Crippen LogP contribution in [0.3, 0.4) is 0 Å². The molecule has 4 rings (SSSR count).